The van der Waals surface area contributed by atoms with Gasteiger partial charge >= 0.3 is 0 Å². The number of halogens is 1. The monoisotopic (exact) mass is 288 g/mol. The van der Waals surface area contributed by atoms with E-state index in [0.717, 1.165) is 11.4 Å². The van der Waals surface area contributed by atoms with Crippen molar-refractivity contribution in [2.45, 2.75) is 19.9 Å². The van der Waals surface area contributed by atoms with Gasteiger partial charge in [0.1, 0.15) is 6.04 Å². The second-order valence-electron chi connectivity index (χ2n) is 4.73. The van der Waals surface area contributed by atoms with Crippen molar-refractivity contribution in [2.24, 2.45) is 0 Å². The molecule has 0 aliphatic carbocycles. The Balaban J connectivity index is 1.94. The minimum absolute atomic E-state index is 0.0899. The molecule has 20 heavy (non-hydrogen) atoms. The molecule has 0 aliphatic rings. The SMILES string of the molecule is Cc1ccc(NC(C)C(=O)Nc2ccc(Cl)cc2)cc1. The van der Waals surface area contributed by atoms with Gasteiger partial charge in [-0.2, -0.15) is 0 Å². The highest BCUT2D eigenvalue weighted by Crippen LogP contribution is 2.14. The fourth-order valence-corrected chi connectivity index (χ4v) is 1.88. The van der Waals surface area contributed by atoms with Crippen LogP contribution in [0, 0.1) is 6.92 Å². The summed E-state index contributed by atoms with van der Waals surface area (Å²) in [6.45, 7) is 3.85. The summed E-state index contributed by atoms with van der Waals surface area (Å²) in [6.07, 6.45) is 0. The quantitative estimate of drug-likeness (QED) is 0.890. The van der Waals surface area contributed by atoms with Gasteiger partial charge in [0.05, 0.1) is 0 Å². The van der Waals surface area contributed by atoms with Crippen LogP contribution in [0.2, 0.25) is 5.02 Å². The molecule has 2 aromatic rings. The molecule has 2 aromatic carbocycles. The van der Waals surface area contributed by atoms with Gasteiger partial charge in [0, 0.05) is 16.4 Å². The molecule has 2 N–H and O–H groups in total. The van der Waals surface area contributed by atoms with Gasteiger partial charge in [0.15, 0.2) is 0 Å². The van der Waals surface area contributed by atoms with Crippen LogP contribution in [0.3, 0.4) is 0 Å². The van der Waals surface area contributed by atoms with Gasteiger partial charge in [-0.15, -0.1) is 0 Å². The van der Waals surface area contributed by atoms with E-state index in [0.29, 0.717) is 5.02 Å². The zero-order chi connectivity index (χ0) is 14.5. The predicted octanol–water partition coefficient (Wildman–Crippen LogP) is 4.09. The lowest BCUT2D eigenvalue weighted by Gasteiger charge is -2.15. The molecular formula is C16H17ClN2O. The Kier molecular flexibility index (Phi) is 4.64. The number of amides is 1. The Morgan fingerprint density at radius 2 is 1.55 bits per heavy atom. The molecule has 0 aromatic heterocycles. The summed E-state index contributed by atoms with van der Waals surface area (Å²) in [5, 5.41) is 6.65. The molecule has 0 spiro atoms. The second-order valence-corrected chi connectivity index (χ2v) is 5.16. The van der Waals surface area contributed by atoms with E-state index >= 15 is 0 Å². The number of rotatable bonds is 4. The van der Waals surface area contributed by atoms with Gasteiger partial charge in [-0.25, -0.2) is 0 Å². The summed E-state index contributed by atoms with van der Waals surface area (Å²) in [7, 11) is 0. The number of hydrogen-bond donors (Lipinski definition) is 2. The molecule has 0 aliphatic heterocycles. The number of carbonyl (C=O) groups is 1. The number of carbonyl (C=O) groups excluding carboxylic acids is 1. The number of aryl methyl sites for hydroxylation is 1. The third kappa shape index (κ3) is 4.00. The van der Waals surface area contributed by atoms with Crippen molar-refractivity contribution in [1.82, 2.24) is 0 Å². The molecule has 4 heteroatoms. The van der Waals surface area contributed by atoms with Crippen molar-refractivity contribution in [3.63, 3.8) is 0 Å². The smallest absolute Gasteiger partial charge is 0.246 e. The van der Waals surface area contributed by atoms with E-state index < -0.39 is 0 Å². The van der Waals surface area contributed by atoms with Crippen molar-refractivity contribution in [3.8, 4) is 0 Å². The zero-order valence-electron chi connectivity index (χ0n) is 11.5. The Morgan fingerprint density at radius 1 is 1.00 bits per heavy atom. The largest absolute Gasteiger partial charge is 0.374 e. The van der Waals surface area contributed by atoms with E-state index in [2.05, 4.69) is 10.6 Å². The lowest BCUT2D eigenvalue weighted by molar-refractivity contribution is -0.116. The van der Waals surface area contributed by atoms with Crippen molar-refractivity contribution in [3.05, 3.63) is 59.1 Å². The molecule has 0 saturated heterocycles. The summed E-state index contributed by atoms with van der Waals surface area (Å²) in [5.74, 6) is -0.0899. The lowest BCUT2D eigenvalue weighted by atomic mass is 10.2. The minimum atomic E-state index is -0.326. The zero-order valence-corrected chi connectivity index (χ0v) is 12.2. The highest BCUT2D eigenvalue weighted by molar-refractivity contribution is 6.30. The van der Waals surface area contributed by atoms with Gasteiger partial charge in [-0.1, -0.05) is 29.3 Å². The fraction of sp³-hybridized carbons (Fsp3) is 0.188. The number of nitrogens with one attached hydrogen (secondary N) is 2. The summed E-state index contributed by atoms with van der Waals surface area (Å²) in [6, 6.07) is 14.6. The lowest BCUT2D eigenvalue weighted by Crippen LogP contribution is -2.31. The summed E-state index contributed by atoms with van der Waals surface area (Å²) < 4.78 is 0. The standard InChI is InChI=1S/C16H17ClN2O/c1-11-3-7-14(8-4-11)18-12(2)16(20)19-15-9-5-13(17)6-10-15/h3-10,12,18H,1-2H3,(H,19,20). The van der Waals surface area contributed by atoms with Crippen LogP contribution < -0.4 is 10.6 Å². The van der Waals surface area contributed by atoms with E-state index in [1.165, 1.54) is 5.56 Å². The van der Waals surface area contributed by atoms with Gasteiger partial charge in [0.2, 0.25) is 5.91 Å². The van der Waals surface area contributed by atoms with Gasteiger partial charge in [-0.05, 0) is 50.2 Å². The predicted molar refractivity (Wildman–Crippen MR) is 84.3 cm³/mol. The van der Waals surface area contributed by atoms with E-state index in [9.17, 15) is 4.79 Å². The first kappa shape index (κ1) is 14.4. The van der Waals surface area contributed by atoms with Crippen molar-refractivity contribution >= 4 is 28.9 Å². The molecular weight excluding hydrogens is 272 g/mol. The Labute approximate surface area is 124 Å². The van der Waals surface area contributed by atoms with Gasteiger partial charge in [0.25, 0.3) is 0 Å². The van der Waals surface area contributed by atoms with Crippen molar-refractivity contribution in [1.29, 1.82) is 0 Å². The van der Waals surface area contributed by atoms with E-state index in [1.807, 2.05) is 38.1 Å². The van der Waals surface area contributed by atoms with E-state index in [4.69, 9.17) is 11.6 Å². The molecule has 1 atom stereocenters. The van der Waals surface area contributed by atoms with Crippen LogP contribution in [-0.2, 0) is 4.79 Å². The molecule has 1 unspecified atom stereocenters. The Morgan fingerprint density at radius 3 is 2.15 bits per heavy atom. The van der Waals surface area contributed by atoms with Crippen molar-refractivity contribution in [2.75, 3.05) is 10.6 Å². The maximum Gasteiger partial charge on any atom is 0.246 e. The van der Waals surface area contributed by atoms with Crippen LogP contribution >= 0.6 is 11.6 Å². The Hall–Kier alpha value is -2.00. The van der Waals surface area contributed by atoms with Crippen LogP contribution in [0.4, 0.5) is 11.4 Å². The fourth-order valence-electron chi connectivity index (χ4n) is 1.75. The third-order valence-electron chi connectivity index (χ3n) is 2.94. The van der Waals surface area contributed by atoms with Gasteiger partial charge in [-0.3, -0.25) is 4.79 Å². The molecule has 0 fully saturated rings. The van der Waals surface area contributed by atoms with Gasteiger partial charge < -0.3 is 10.6 Å². The first-order valence-electron chi connectivity index (χ1n) is 6.44. The molecule has 0 radical (unpaired) electrons. The topological polar surface area (TPSA) is 41.1 Å². The molecule has 1 amide bonds. The highest BCUT2D eigenvalue weighted by atomic mass is 35.5. The second kappa shape index (κ2) is 6.44. The summed E-state index contributed by atoms with van der Waals surface area (Å²) in [5.41, 5.74) is 2.85. The molecule has 2 rings (SSSR count). The van der Waals surface area contributed by atoms with Crippen LogP contribution in [0.15, 0.2) is 48.5 Å². The van der Waals surface area contributed by atoms with E-state index in [-0.39, 0.29) is 11.9 Å². The molecule has 0 saturated carbocycles. The third-order valence-corrected chi connectivity index (χ3v) is 3.19. The first-order chi connectivity index (χ1) is 9.54. The van der Waals surface area contributed by atoms with Crippen LogP contribution in [0.1, 0.15) is 12.5 Å². The average molecular weight is 289 g/mol. The minimum Gasteiger partial charge on any atom is -0.374 e. The number of anilines is 2. The molecule has 0 heterocycles. The maximum atomic E-state index is 12.1. The highest BCUT2D eigenvalue weighted by Gasteiger charge is 2.12. The first-order valence-corrected chi connectivity index (χ1v) is 6.82. The Bertz CT molecular complexity index is 578. The van der Waals surface area contributed by atoms with Crippen LogP contribution in [0.25, 0.3) is 0 Å². The summed E-state index contributed by atoms with van der Waals surface area (Å²) >= 11 is 5.81. The molecule has 0 bridgehead atoms. The molecule has 104 valence electrons. The average Bonchev–Trinajstić information content (AvgIpc) is 2.44. The molecule has 3 nitrogen and oxygen atoms in total. The number of benzene rings is 2. The van der Waals surface area contributed by atoms with Crippen LogP contribution in [0.5, 0.6) is 0 Å². The van der Waals surface area contributed by atoms with Crippen molar-refractivity contribution < 1.29 is 4.79 Å². The van der Waals surface area contributed by atoms with Crippen LogP contribution in [-0.4, -0.2) is 11.9 Å². The maximum absolute atomic E-state index is 12.1. The normalized spacial score (nSPS) is 11.8. The van der Waals surface area contributed by atoms with E-state index in [1.54, 1.807) is 24.3 Å². The number of hydrogen-bond acceptors (Lipinski definition) is 2. The summed E-state index contributed by atoms with van der Waals surface area (Å²) in [4.78, 5) is 12.1.